The van der Waals surface area contributed by atoms with E-state index in [4.69, 9.17) is 5.73 Å². The van der Waals surface area contributed by atoms with Crippen LogP contribution in [0.5, 0.6) is 0 Å². The zero-order valence-electron chi connectivity index (χ0n) is 10.2. The lowest BCUT2D eigenvalue weighted by atomic mass is 10.1. The van der Waals surface area contributed by atoms with Crippen molar-refractivity contribution in [2.75, 3.05) is 18.5 Å². The van der Waals surface area contributed by atoms with E-state index in [1.54, 1.807) is 31.4 Å². The van der Waals surface area contributed by atoms with E-state index in [9.17, 15) is 13.8 Å². The maximum Gasteiger partial charge on any atom is 0.263 e. The lowest BCUT2D eigenvalue weighted by Crippen LogP contribution is -2.37. The van der Waals surface area contributed by atoms with Crippen molar-refractivity contribution in [2.45, 2.75) is 12.2 Å². The molecule has 2 rings (SSSR count). The van der Waals surface area contributed by atoms with Crippen molar-refractivity contribution < 1.29 is 13.8 Å². The molecule has 0 aliphatic carbocycles. The van der Waals surface area contributed by atoms with Gasteiger partial charge < -0.3 is 5.73 Å². The average molecular weight is 266 g/mol. The fourth-order valence-electron chi connectivity index (χ4n) is 1.89. The quantitative estimate of drug-likeness (QED) is 0.643. The summed E-state index contributed by atoms with van der Waals surface area (Å²) in [5.41, 5.74) is 6.61. The number of nitrogens with two attached hydrogens (primary N) is 1. The van der Waals surface area contributed by atoms with Gasteiger partial charge in [-0.15, -0.1) is 0 Å². The molecule has 0 saturated carbocycles. The lowest BCUT2D eigenvalue weighted by molar-refractivity contribution is 0.0656. The molecule has 1 aliphatic rings. The summed E-state index contributed by atoms with van der Waals surface area (Å²) in [6, 6.07) is 4.82. The van der Waals surface area contributed by atoms with Gasteiger partial charge in [0.15, 0.2) is 0 Å². The number of carbonyl (C=O) groups excluding carboxylic acids is 2. The number of hydrogen-bond acceptors (Lipinski definition) is 4. The van der Waals surface area contributed by atoms with E-state index in [0.29, 0.717) is 11.3 Å². The standard InChI is InChI=1S/C12H14N2O3S/c1-7(18(2)17)6-14-11(15)8-4-3-5-9(13)10(8)12(14)16/h3-5,7H,6,13H2,1-2H3. The molecule has 0 bridgehead atoms. The van der Waals surface area contributed by atoms with Crippen LogP contribution < -0.4 is 5.73 Å². The number of carbonyl (C=O) groups is 2. The first-order valence-electron chi connectivity index (χ1n) is 5.50. The van der Waals surface area contributed by atoms with Crippen molar-refractivity contribution >= 4 is 28.3 Å². The van der Waals surface area contributed by atoms with Gasteiger partial charge in [0.2, 0.25) is 0 Å². The Morgan fingerprint density at radius 1 is 1.33 bits per heavy atom. The minimum Gasteiger partial charge on any atom is -0.398 e. The SMILES string of the molecule is CC(CN1C(=O)c2cccc(N)c2C1=O)S(C)=O. The normalized spacial score (nSPS) is 17.8. The first-order valence-corrected chi connectivity index (χ1v) is 7.12. The fourth-order valence-corrected chi connectivity index (χ4v) is 2.25. The van der Waals surface area contributed by atoms with Gasteiger partial charge in [-0.25, -0.2) is 0 Å². The van der Waals surface area contributed by atoms with Gasteiger partial charge in [-0.1, -0.05) is 6.07 Å². The van der Waals surface area contributed by atoms with E-state index in [1.807, 2.05) is 0 Å². The van der Waals surface area contributed by atoms with Crippen molar-refractivity contribution in [2.24, 2.45) is 0 Å². The van der Waals surface area contributed by atoms with Crippen LogP contribution in [0.3, 0.4) is 0 Å². The number of nitrogen functional groups attached to an aromatic ring is 1. The summed E-state index contributed by atoms with van der Waals surface area (Å²) in [5, 5.41) is -0.256. The Labute approximate surface area is 107 Å². The minimum atomic E-state index is -1.08. The van der Waals surface area contributed by atoms with Crippen molar-refractivity contribution in [3.8, 4) is 0 Å². The third-order valence-electron chi connectivity index (χ3n) is 3.04. The number of benzene rings is 1. The van der Waals surface area contributed by atoms with Crippen molar-refractivity contribution in [1.29, 1.82) is 0 Å². The zero-order chi connectivity index (χ0) is 13.4. The Hall–Kier alpha value is -1.69. The number of fused-ring (bicyclic) bond motifs is 1. The van der Waals surface area contributed by atoms with Gasteiger partial charge in [0, 0.05) is 34.5 Å². The number of rotatable bonds is 3. The van der Waals surface area contributed by atoms with Crippen LogP contribution in [-0.4, -0.2) is 39.0 Å². The molecular formula is C12H14N2O3S. The van der Waals surface area contributed by atoms with Crippen LogP contribution in [0.25, 0.3) is 0 Å². The molecule has 0 radical (unpaired) electrons. The van der Waals surface area contributed by atoms with Crippen LogP contribution in [-0.2, 0) is 10.8 Å². The maximum absolute atomic E-state index is 12.1. The predicted molar refractivity (Wildman–Crippen MR) is 69.7 cm³/mol. The molecule has 2 N–H and O–H groups in total. The molecule has 6 heteroatoms. The molecule has 0 saturated heterocycles. The summed E-state index contributed by atoms with van der Waals surface area (Å²) in [4.78, 5) is 25.3. The van der Waals surface area contributed by atoms with E-state index >= 15 is 0 Å². The molecule has 0 fully saturated rings. The Morgan fingerprint density at radius 2 is 2.00 bits per heavy atom. The second-order valence-electron chi connectivity index (χ2n) is 4.30. The van der Waals surface area contributed by atoms with Crippen molar-refractivity contribution in [3.63, 3.8) is 0 Å². The second kappa shape index (κ2) is 4.53. The van der Waals surface area contributed by atoms with E-state index in [2.05, 4.69) is 0 Å². The summed E-state index contributed by atoms with van der Waals surface area (Å²) >= 11 is 0. The molecule has 18 heavy (non-hydrogen) atoms. The molecule has 5 nitrogen and oxygen atoms in total. The minimum absolute atomic E-state index is 0.148. The molecule has 96 valence electrons. The van der Waals surface area contributed by atoms with Gasteiger partial charge in [-0.05, 0) is 19.1 Å². The molecule has 0 spiro atoms. The van der Waals surface area contributed by atoms with Gasteiger partial charge >= 0.3 is 0 Å². The monoisotopic (exact) mass is 266 g/mol. The van der Waals surface area contributed by atoms with E-state index in [-0.39, 0.29) is 23.3 Å². The van der Waals surface area contributed by atoms with Gasteiger partial charge in [0.05, 0.1) is 11.1 Å². The molecule has 1 aromatic carbocycles. The number of amides is 2. The number of hydrogen-bond donors (Lipinski definition) is 1. The molecule has 0 aromatic heterocycles. The highest BCUT2D eigenvalue weighted by atomic mass is 32.2. The first kappa shape index (κ1) is 12.8. The van der Waals surface area contributed by atoms with Crippen molar-refractivity contribution in [1.82, 2.24) is 4.90 Å². The highest BCUT2D eigenvalue weighted by Crippen LogP contribution is 2.27. The van der Waals surface area contributed by atoms with Crippen molar-refractivity contribution in [3.05, 3.63) is 29.3 Å². The van der Waals surface area contributed by atoms with Gasteiger partial charge in [0.25, 0.3) is 11.8 Å². The van der Waals surface area contributed by atoms with E-state index < -0.39 is 16.7 Å². The van der Waals surface area contributed by atoms with Crippen LogP contribution >= 0.6 is 0 Å². The molecule has 2 atom stereocenters. The molecule has 2 unspecified atom stereocenters. The summed E-state index contributed by atoms with van der Waals surface area (Å²) in [7, 11) is -1.08. The second-order valence-corrected chi connectivity index (χ2v) is 6.10. The summed E-state index contributed by atoms with van der Waals surface area (Å²) in [5.74, 6) is -0.759. The summed E-state index contributed by atoms with van der Waals surface area (Å²) in [6.45, 7) is 1.89. The number of nitrogens with zero attached hydrogens (tertiary/aromatic N) is 1. The highest BCUT2D eigenvalue weighted by molar-refractivity contribution is 7.84. The Morgan fingerprint density at radius 3 is 2.56 bits per heavy atom. The maximum atomic E-state index is 12.1. The molecular weight excluding hydrogens is 252 g/mol. The van der Waals surface area contributed by atoms with Gasteiger partial charge in [0.1, 0.15) is 0 Å². The van der Waals surface area contributed by atoms with Crippen LogP contribution in [0.15, 0.2) is 18.2 Å². The first-order chi connectivity index (χ1) is 8.43. The summed E-state index contributed by atoms with van der Waals surface area (Å²) in [6.07, 6.45) is 1.55. The van der Waals surface area contributed by atoms with Crippen LogP contribution in [0.1, 0.15) is 27.6 Å². The van der Waals surface area contributed by atoms with Crippen LogP contribution in [0, 0.1) is 0 Å². The molecule has 2 amide bonds. The topological polar surface area (TPSA) is 80.5 Å². The van der Waals surface area contributed by atoms with Gasteiger partial charge in [-0.3, -0.25) is 18.7 Å². The fraction of sp³-hybridized carbons (Fsp3) is 0.333. The zero-order valence-corrected chi connectivity index (χ0v) is 11.0. The Balaban J connectivity index is 2.35. The number of imide groups is 1. The smallest absolute Gasteiger partial charge is 0.263 e. The van der Waals surface area contributed by atoms with E-state index in [0.717, 1.165) is 4.90 Å². The predicted octanol–water partition coefficient (Wildman–Crippen LogP) is 0.632. The Kier molecular flexibility index (Phi) is 3.21. The third-order valence-corrected chi connectivity index (χ3v) is 4.32. The number of anilines is 1. The van der Waals surface area contributed by atoms with Gasteiger partial charge in [-0.2, -0.15) is 0 Å². The summed E-state index contributed by atoms with van der Waals surface area (Å²) < 4.78 is 11.3. The molecule has 1 aromatic rings. The van der Waals surface area contributed by atoms with Crippen LogP contribution in [0.4, 0.5) is 5.69 Å². The largest absolute Gasteiger partial charge is 0.398 e. The van der Waals surface area contributed by atoms with E-state index in [1.165, 1.54) is 0 Å². The highest BCUT2D eigenvalue weighted by Gasteiger charge is 2.37. The Bertz CT molecular complexity index is 556. The molecule has 1 aliphatic heterocycles. The third kappa shape index (κ3) is 1.92. The lowest BCUT2D eigenvalue weighted by Gasteiger charge is -2.17. The average Bonchev–Trinajstić information content (AvgIpc) is 2.55. The molecule has 1 heterocycles. The van der Waals surface area contributed by atoms with Crippen LogP contribution in [0.2, 0.25) is 0 Å².